The molecule has 0 aliphatic carbocycles. The molecule has 1 nitrogen and oxygen atoms in total. The van der Waals surface area contributed by atoms with Crippen LogP contribution in [-0.4, -0.2) is 17.4 Å². The SMILES string of the molecule is N#CCSSCCCl. The van der Waals surface area contributed by atoms with Gasteiger partial charge in [0.2, 0.25) is 0 Å². The molecule has 0 heterocycles. The molecule has 0 aliphatic rings. The second-order valence-corrected chi connectivity index (χ2v) is 3.89. The molecular formula is C4H6ClNS2. The third-order valence-electron chi connectivity index (χ3n) is 0.367. The minimum Gasteiger partial charge on any atom is -0.197 e. The van der Waals surface area contributed by atoms with Gasteiger partial charge in [0.05, 0.1) is 11.8 Å². The first kappa shape index (κ1) is 8.48. The fraction of sp³-hybridized carbons (Fsp3) is 0.750. The summed E-state index contributed by atoms with van der Waals surface area (Å²) in [6, 6.07) is 2.03. The van der Waals surface area contributed by atoms with Gasteiger partial charge in [-0.15, -0.1) is 11.6 Å². The molecule has 0 fully saturated rings. The van der Waals surface area contributed by atoms with E-state index in [4.69, 9.17) is 16.9 Å². The van der Waals surface area contributed by atoms with Crippen LogP contribution < -0.4 is 0 Å². The van der Waals surface area contributed by atoms with Crippen molar-refractivity contribution in [2.75, 3.05) is 17.4 Å². The second-order valence-electron chi connectivity index (χ2n) is 0.931. The van der Waals surface area contributed by atoms with Crippen molar-refractivity contribution in [3.05, 3.63) is 0 Å². The lowest BCUT2D eigenvalue weighted by Gasteiger charge is -1.88. The van der Waals surface area contributed by atoms with E-state index in [0.29, 0.717) is 11.6 Å². The molecule has 0 radical (unpaired) electrons. The lowest BCUT2D eigenvalue weighted by atomic mass is 10.9. The van der Waals surface area contributed by atoms with Crippen molar-refractivity contribution in [3.63, 3.8) is 0 Å². The monoisotopic (exact) mass is 167 g/mol. The number of hydrogen-bond acceptors (Lipinski definition) is 3. The Hall–Kier alpha value is 0.480. The van der Waals surface area contributed by atoms with Crippen LogP contribution in [-0.2, 0) is 0 Å². The van der Waals surface area contributed by atoms with Crippen LogP contribution in [0.5, 0.6) is 0 Å². The summed E-state index contributed by atoms with van der Waals surface area (Å²) >= 11 is 5.36. The topological polar surface area (TPSA) is 23.8 Å². The molecule has 0 N–H and O–H groups in total. The smallest absolute Gasteiger partial charge is 0.0911 e. The van der Waals surface area contributed by atoms with Crippen LogP contribution in [0.15, 0.2) is 0 Å². The predicted octanol–water partition coefficient (Wildman–Crippen LogP) is 2.13. The van der Waals surface area contributed by atoms with E-state index < -0.39 is 0 Å². The Kier molecular flexibility index (Phi) is 7.93. The van der Waals surface area contributed by atoms with Gasteiger partial charge in [-0.2, -0.15) is 5.26 Å². The number of halogens is 1. The highest BCUT2D eigenvalue weighted by atomic mass is 35.5. The van der Waals surface area contributed by atoms with Gasteiger partial charge >= 0.3 is 0 Å². The zero-order valence-corrected chi connectivity index (χ0v) is 6.65. The van der Waals surface area contributed by atoms with Crippen molar-refractivity contribution >= 4 is 33.2 Å². The Balaban J connectivity index is 2.65. The minimum atomic E-state index is 0.557. The van der Waals surface area contributed by atoms with E-state index in [0.717, 1.165) is 5.75 Å². The highest BCUT2D eigenvalue weighted by Gasteiger charge is 1.84. The van der Waals surface area contributed by atoms with Gasteiger partial charge in [-0.05, 0) is 0 Å². The lowest BCUT2D eigenvalue weighted by molar-refractivity contribution is 1.50. The van der Waals surface area contributed by atoms with Crippen LogP contribution in [0.3, 0.4) is 0 Å². The van der Waals surface area contributed by atoms with Crippen molar-refractivity contribution in [2.24, 2.45) is 0 Å². The molecule has 0 unspecified atom stereocenters. The maximum atomic E-state index is 8.05. The molecule has 0 amide bonds. The molecule has 0 aliphatic heterocycles. The third kappa shape index (κ3) is 6.48. The molecule has 0 aromatic carbocycles. The Morgan fingerprint density at radius 3 is 2.75 bits per heavy atom. The van der Waals surface area contributed by atoms with E-state index in [2.05, 4.69) is 0 Å². The van der Waals surface area contributed by atoms with E-state index >= 15 is 0 Å². The maximum Gasteiger partial charge on any atom is 0.0911 e. The first-order valence-electron chi connectivity index (χ1n) is 2.09. The zero-order valence-electron chi connectivity index (χ0n) is 4.26. The van der Waals surface area contributed by atoms with Gasteiger partial charge in [0, 0.05) is 11.6 Å². The van der Waals surface area contributed by atoms with Crippen molar-refractivity contribution in [1.29, 1.82) is 5.26 Å². The molecule has 4 heteroatoms. The summed E-state index contributed by atoms with van der Waals surface area (Å²) in [5.74, 6) is 2.15. The first-order chi connectivity index (χ1) is 3.91. The number of hydrogen-bond donors (Lipinski definition) is 0. The number of alkyl halides is 1. The Morgan fingerprint density at radius 1 is 1.50 bits per heavy atom. The summed E-state index contributed by atoms with van der Waals surface area (Å²) < 4.78 is 0. The summed E-state index contributed by atoms with van der Waals surface area (Å²) in [5, 5.41) is 8.05. The standard InChI is InChI=1S/C4H6ClNS2/c5-1-3-7-8-4-2-6/h1,3-4H2. The molecule has 0 atom stereocenters. The van der Waals surface area contributed by atoms with Crippen molar-refractivity contribution < 1.29 is 0 Å². The highest BCUT2D eigenvalue weighted by molar-refractivity contribution is 8.76. The van der Waals surface area contributed by atoms with E-state index in [1.807, 2.05) is 6.07 Å². The quantitative estimate of drug-likeness (QED) is 0.364. The van der Waals surface area contributed by atoms with E-state index in [1.165, 1.54) is 0 Å². The minimum absolute atomic E-state index is 0.557. The highest BCUT2D eigenvalue weighted by Crippen LogP contribution is 2.19. The van der Waals surface area contributed by atoms with Crippen LogP contribution >= 0.6 is 33.2 Å². The molecule has 8 heavy (non-hydrogen) atoms. The van der Waals surface area contributed by atoms with E-state index in [1.54, 1.807) is 21.6 Å². The average Bonchev–Trinajstić information content (AvgIpc) is 1.81. The van der Waals surface area contributed by atoms with Crippen molar-refractivity contribution in [3.8, 4) is 6.07 Å². The van der Waals surface area contributed by atoms with Crippen LogP contribution in [0, 0.1) is 11.3 Å². The Labute approximate surface area is 62.2 Å². The van der Waals surface area contributed by atoms with Gasteiger partial charge in [-0.25, -0.2) is 0 Å². The van der Waals surface area contributed by atoms with Crippen molar-refractivity contribution in [1.82, 2.24) is 0 Å². The van der Waals surface area contributed by atoms with E-state index in [-0.39, 0.29) is 0 Å². The number of rotatable bonds is 4. The predicted molar refractivity (Wildman–Crippen MR) is 41.2 cm³/mol. The Morgan fingerprint density at radius 2 is 2.25 bits per heavy atom. The molecule has 0 aromatic rings. The molecule has 0 bridgehead atoms. The molecule has 0 aromatic heterocycles. The molecule has 0 rings (SSSR count). The fourth-order valence-electron chi connectivity index (χ4n) is 0.158. The van der Waals surface area contributed by atoms with E-state index in [9.17, 15) is 0 Å². The van der Waals surface area contributed by atoms with Gasteiger partial charge in [-0.1, -0.05) is 21.6 Å². The fourth-order valence-corrected chi connectivity index (χ4v) is 1.99. The van der Waals surface area contributed by atoms with Crippen LogP contribution in [0.2, 0.25) is 0 Å². The summed E-state index contributed by atoms with van der Waals surface area (Å²) in [4.78, 5) is 0. The number of nitriles is 1. The van der Waals surface area contributed by atoms with Crippen LogP contribution in [0.25, 0.3) is 0 Å². The molecular weight excluding hydrogens is 162 g/mol. The zero-order chi connectivity index (χ0) is 6.24. The third-order valence-corrected chi connectivity index (χ3v) is 2.92. The molecule has 0 spiro atoms. The summed E-state index contributed by atoms with van der Waals surface area (Å²) in [6.45, 7) is 0. The average molecular weight is 168 g/mol. The van der Waals surface area contributed by atoms with Gasteiger partial charge < -0.3 is 0 Å². The van der Waals surface area contributed by atoms with Gasteiger partial charge in [0.1, 0.15) is 0 Å². The summed E-state index contributed by atoms with van der Waals surface area (Å²) in [7, 11) is 3.19. The van der Waals surface area contributed by atoms with Crippen LogP contribution in [0.1, 0.15) is 0 Å². The Bertz CT molecular complexity index is 80.6. The van der Waals surface area contributed by atoms with Crippen LogP contribution in [0.4, 0.5) is 0 Å². The van der Waals surface area contributed by atoms with Crippen molar-refractivity contribution in [2.45, 2.75) is 0 Å². The molecule has 46 valence electrons. The normalized spacial score (nSPS) is 8.50. The summed E-state index contributed by atoms with van der Waals surface area (Å²) in [5.41, 5.74) is 0. The maximum absolute atomic E-state index is 8.05. The number of nitrogens with zero attached hydrogens (tertiary/aromatic N) is 1. The second kappa shape index (κ2) is 7.48. The van der Waals surface area contributed by atoms with Gasteiger partial charge in [-0.3, -0.25) is 0 Å². The lowest BCUT2D eigenvalue weighted by Crippen LogP contribution is -1.73. The molecule has 0 saturated heterocycles. The molecule has 0 saturated carbocycles. The van der Waals surface area contributed by atoms with Gasteiger partial charge in [0.15, 0.2) is 0 Å². The summed E-state index contributed by atoms with van der Waals surface area (Å²) in [6.07, 6.45) is 0. The largest absolute Gasteiger partial charge is 0.197 e. The first-order valence-corrected chi connectivity index (χ1v) is 5.11. The van der Waals surface area contributed by atoms with Gasteiger partial charge in [0.25, 0.3) is 0 Å².